The van der Waals surface area contributed by atoms with Gasteiger partial charge < -0.3 is 29.6 Å². The zero-order valence-corrected chi connectivity index (χ0v) is 16.7. The fourth-order valence-corrected chi connectivity index (χ4v) is 2.85. The number of carbonyl (C=O) groups is 2. The molecule has 160 valence electrons. The van der Waals surface area contributed by atoms with Gasteiger partial charge in [0.05, 0.1) is 37.6 Å². The summed E-state index contributed by atoms with van der Waals surface area (Å²) in [6, 6.07) is 14.1. The van der Waals surface area contributed by atoms with E-state index in [2.05, 4.69) is 10.6 Å². The van der Waals surface area contributed by atoms with Gasteiger partial charge in [0.25, 0.3) is 11.8 Å². The van der Waals surface area contributed by atoms with Crippen LogP contribution in [-0.4, -0.2) is 64.5 Å². The SMILES string of the molecule is O=C1NCCOCCOc2ccccc2C(=O)NCCOCCOc2ccccc21. The predicted molar refractivity (Wildman–Crippen MR) is 110 cm³/mol. The summed E-state index contributed by atoms with van der Waals surface area (Å²) in [4.78, 5) is 24.8. The normalized spacial score (nSPS) is 17.2. The number of rotatable bonds is 0. The van der Waals surface area contributed by atoms with Crippen molar-refractivity contribution in [2.24, 2.45) is 0 Å². The van der Waals surface area contributed by atoms with Gasteiger partial charge in [-0.1, -0.05) is 24.3 Å². The van der Waals surface area contributed by atoms with Crippen LogP contribution in [0.3, 0.4) is 0 Å². The molecule has 2 N–H and O–H groups in total. The quantitative estimate of drug-likeness (QED) is 0.681. The molecule has 0 aromatic heterocycles. The molecule has 0 unspecified atom stereocenters. The monoisotopic (exact) mass is 414 g/mol. The Morgan fingerprint density at radius 1 is 0.567 bits per heavy atom. The number of hydrogen-bond acceptors (Lipinski definition) is 6. The summed E-state index contributed by atoms with van der Waals surface area (Å²) in [6.45, 7) is 2.64. The van der Waals surface area contributed by atoms with Gasteiger partial charge in [0, 0.05) is 13.1 Å². The lowest BCUT2D eigenvalue weighted by Crippen LogP contribution is -2.29. The van der Waals surface area contributed by atoms with Gasteiger partial charge in [-0.15, -0.1) is 0 Å². The predicted octanol–water partition coefficient (Wildman–Crippen LogP) is 1.65. The Kier molecular flexibility index (Phi) is 8.49. The maximum absolute atomic E-state index is 12.4. The highest BCUT2D eigenvalue weighted by Gasteiger charge is 2.13. The van der Waals surface area contributed by atoms with Gasteiger partial charge in [-0.25, -0.2) is 0 Å². The number of carbonyl (C=O) groups excluding carboxylic acids is 2. The van der Waals surface area contributed by atoms with E-state index >= 15 is 0 Å². The molecule has 3 rings (SSSR count). The molecular weight excluding hydrogens is 388 g/mol. The summed E-state index contributed by atoms with van der Waals surface area (Å²) in [5.41, 5.74) is 0.915. The highest BCUT2D eigenvalue weighted by Crippen LogP contribution is 2.18. The molecular formula is C22H26N2O6. The minimum atomic E-state index is -0.225. The smallest absolute Gasteiger partial charge is 0.255 e. The third-order valence-corrected chi connectivity index (χ3v) is 4.30. The Morgan fingerprint density at radius 3 is 1.47 bits per heavy atom. The molecule has 0 atom stereocenters. The summed E-state index contributed by atoms with van der Waals surface area (Å²) in [5.74, 6) is 0.536. The number of para-hydroxylation sites is 2. The first-order valence-electron chi connectivity index (χ1n) is 9.91. The molecule has 1 aliphatic rings. The van der Waals surface area contributed by atoms with Crippen molar-refractivity contribution in [2.75, 3.05) is 52.7 Å². The number of ether oxygens (including phenoxy) is 4. The van der Waals surface area contributed by atoms with Crippen molar-refractivity contribution in [3.63, 3.8) is 0 Å². The summed E-state index contributed by atoms with van der Waals surface area (Å²) in [7, 11) is 0. The Bertz CT molecular complexity index is 772. The minimum Gasteiger partial charge on any atom is -0.490 e. The van der Waals surface area contributed by atoms with Gasteiger partial charge in [0.1, 0.15) is 24.7 Å². The van der Waals surface area contributed by atoms with Crippen LogP contribution < -0.4 is 20.1 Å². The van der Waals surface area contributed by atoms with Crippen molar-refractivity contribution in [1.29, 1.82) is 0 Å². The van der Waals surface area contributed by atoms with Crippen LogP contribution in [0.25, 0.3) is 0 Å². The van der Waals surface area contributed by atoms with E-state index in [1.165, 1.54) is 0 Å². The summed E-state index contributed by atoms with van der Waals surface area (Å²) >= 11 is 0. The van der Waals surface area contributed by atoms with E-state index in [1.54, 1.807) is 36.4 Å². The van der Waals surface area contributed by atoms with Crippen LogP contribution in [0.5, 0.6) is 11.5 Å². The maximum Gasteiger partial charge on any atom is 0.255 e. The first-order valence-corrected chi connectivity index (χ1v) is 9.91. The summed E-state index contributed by atoms with van der Waals surface area (Å²) in [5, 5.41) is 5.63. The van der Waals surface area contributed by atoms with Crippen LogP contribution in [0.15, 0.2) is 48.5 Å². The van der Waals surface area contributed by atoms with Crippen LogP contribution in [0.2, 0.25) is 0 Å². The van der Waals surface area contributed by atoms with Crippen molar-refractivity contribution in [2.45, 2.75) is 0 Å². The van der Waals surface area contributed by atoms with Crippen molar-refractivity contribution < 1.29 is 28.5 Å². The Morgan fingerprint density at radius 2 is 1.00 bits per heavy atom. The molecule has 1 heterocycles. The highest BCUT2D eigenvalue weighted by atomic mass is 16.5. The van der Waals surface area contributed by atoms with Gasteiger partial charge in [-0.05, 0) is 24.3 Å². The zero-order chi connectivity index (χ0) is 21.0. The molecule has 0 saturated carbocycles. The van der Waals surface area contributed by atoms with Crippen molar-refractivity contribution in [1.82, 2.24) is 10.6 Å². The lowest BCUT2D eigenvalue weighted by Gasteiger charge is -2.14. The van der Waals surface area contributed by atoms with Gasteiger partial charge in [0.2, 0.25) is 0 Å². The van der Waals surface area contributed by atoms with E-state index in [9.17, 15) is 9.59 Å². The molecule has 8 heteroatoms. The van der Waals surface area contributed by atoms with E-state index in [0.29, 0.717) is 62.1 Å². The lowest BCUT2D eigenvalue weighted by molar-refractivity contribution is 0.0825. The standard InChI is InChI=1S/C22H26N2O6/c25-21-17-5-1-3-7-19(17)29-15-13-28-12-10-24-22(26)18-6-2-4-8-20(18)30-16-14-27-11-9-23-21/h1-8H,9-16H2,(H,23,25)(H,24,26). The van der Waals surface area contributed by atoms with E-state index in [4.69, 9.17) is 18.9 Å². The molecule has 0 aliphatic carbocycles. The number of hydrogen-bond donors (Lipinski definition) is 2. The van der Waals surface area contributed by atoms with Gasteiger partial charge in [-0.3, -0.25) is 9.59 Å². The molecule has 0 fully saturated rings. The van der Waals surface area contributed by atoms with Crippen molar-refractivity contribution in [3.05, 3.63) is 59.7 Å². The molecule has 2 aromatic carbocycles. The molecule has 0 saturated heterocycles. The minimum absolute atomic E-state index is 0.225. The van der Waals surface area contributed by atoms with Crippen LogP contribution in [0.1, 0.15) is 20.7 Å². The van der Waals surface area contributed by atoms with Crippen LogP contribution in [0, 0.1) is 0 Å². The van der Waals surface area contributed by atoms with Gasteiger partial charge in [0.15, 0.2) is 0 Å². The van der Waals surface area contributed by atoms with Crippen molar-refractivity contribution >= 4 is 11.8 Å². The Hall–Kier alpha value is -3.10. The highest BCUT2D eigenvalue weighted by molar-refractivity contribution is 5.97. The third-order valence-electron chi connectivity index (χ3n) is 4.30. The Balaban J connectivity index is 1.60. The topological polar surface area (TPSA) is 95.1 Å². The molecule has 2 amide bonds. The first-order chi connectivity index (χ1) is 14.8. The van der Waals surface area contributed by atoms with Gasteiger partial charge >= 0.3 is 0 Å². The second-order valence-corrected chi connectivity index (χ2v) is 6.43. The number of amides is 2. The lowest BCUT2D eigenvalue weighted by atomic mass is 10.2. The average Bonchev–Trinajstić information content (AvgIpc) is 2.77. The molecule has 2 aromatic rings. The van der Waals surface area contributed by atoms with E-state index in [1.807, 2.05) is 12.1 Å². The third kappa shape index (κ3) is 6.47. The molecule has 0 spiro atoms. The summed E-state index contributed by atoms with van der Waals surface area (Å²) < 4.78 is 22.4. The second kappa shape index (κ2) is 11.8. The zero-order valence-electron chi connectivity index (χ0n) is 16.7. The number of fused-ring (bicyclic) bond motifs is 2. The van der Waals surface area contributed by atoms with Gasteiger partial charge in [-0.2, -0.15) is 0 Å². The fourth-order valence-electron chi connectivity index (χ4n) is 2.85. The second-order valence-electron chi connectivity index (χ2n) is 6.43. The largest absolute Gasteiger partial charge is 0.490 e. The molecule has 0 bridgehead atoms. The number of benzene rings is 2. The van der Waals surface area contributed by atoms with Crippen molar-refractivity contribution in [3.8, 4) is 11.5 Å². The maximum atomic E-state index is 12.4. The summed E-state index contributed by atoms with van der Waals surface area (Å²) in [6.07, 6.45) is 0. The first kappa shape index (κ1) is 21.6. The molecule has 30 heavy (non-hydrogen) atoms. The Labute approximate surface area is 175 Å². The van der Waals surface area contributed by atoms with Crippen LogP contribution in [0.4, 0.5) is 0 Å². The van der Waals surface area contributed by atoms with E-state index in [-0.39, 0.29) is 25.0 Å². The number of nitrogens with one attached hydrogen (secondary N) is 2. The average molecular weight is 414 g/mol. The fraction of sp³-hybridized carbons (Fsp3) is 0.364. The van der Waals surface area contributed by atoms with E-state index < -0.39 is 0 Å². The van der Waals surface area contributed by atoms with Crippen LogP contribution >= 0.6 is 0 Å². The molecule has 8 nitrogen and oxygen atoms in total. The van der Waals surface area contributed by atoms with E-state index in [0.717, 1.165) is 0 Å². The molecule has 0 radical (unpaired) electrons. The molecule has 1 aliphatic heterocycles. The van der Waals surface area contributed by atoms with Crippen LogP contribution in [-0.2, 0) is 9.47 Å².